The highest BCUT2D eigenvalue weighted by Crippen LogP contribution is 2.36. The Balaban J connectivity index is 0.000000248. The van der Waals surface area contributed by atoms with E-state index >= 15 is 0 Å². The number of nitriles is 2. The van der Waals surface area contributed by atoms with Crippen LogP contribution in [0.15, 0.2) is 66.7 Å². The Labute approximate surface area is 279 Å². The molecule has 3 aromatic rings. The van der Waals surface area contributed by atoms with Crippen LogP contribution < -0.4 is 11.1 Å². The third kappa shape index (κ3) is 9.56. The average molecular weight is 665 g/mol. The van der Waals surface area contributed by atoms with E-state index in [1.807, 2.05) is 30.3 Å². The third-order valence-electron chi connectivity index (χ3n) is 8.99. The Morgan fingerprint density at radius 2 is 1.40 bits per heavy atom. The van der Waals surface area contributed by atoms with Gasteiger partial charge in [-0.25, -0.2) is 0 Å². The minimum absolute atomic E-state index is 0.0447. The molecule has 3 aromatic carbocycles. The number of amides is 1. The van der Waals surface area contributed by atoms with Crippen LogP contribution in [0.3, 0.4) is 0 Å². The van der Waals surface area contributed by atoms with Crippen molar-refractivity contribution in [1.82, 2.24) is 15.1 Å². The summed E-state index contributed by atoms with van der Waals surface area (Å²) < 4.78 is 39.5. The highest BCUT2D eigenvalue weighted by atomic mass is 35.5. The van der Waals surface area contributed by atoms with E-state index in [4.69, 9.17) is 27.9 Å². The molecular weight excluding hydrogens is 625 g/mol. The number of rotatable bonds is 8. The monoisotopic (exact) mass is 664 g/mol. The first-order valence-electron chi connectivity index (χ1n) is 15.8. The van der Waals surface area contributed by atoms with Gasteiger partial charge in [-0.1, -0.05) is 41.9 Å². The van der Waals surface area contributed by atoms with Gasteiger partial charge in [0.1, 0.15) is 0 Å². The molecule has 2 heterocycles. The minimum Gasteiger partial charge on any atom is -0.344 e. The summed E-state index contributed by atoms with van der Waals surface area (Å²) in [5.74, 6) is -0.674. The maximum Gasteiger partial charge on any atom is 0.417 e. The van der Waals surface area contributed by atoms with Crippen LogP contribution in [0.2, 0.25) is 5.02 Å². The lowest BCUT2D eigenvalue weighted by Gasteiger charge is -2.28. The molecule has 2 aliphatic rings. The molecule has 2 saturated heterocycles. The molecule has 0 aliphatic carbocycles. The SMILES string of the molecule is CC1CCCN1C[C@@H](N)c1ccc(C#N)cc1.CC1CCCN1C[C@@H](NC(=O)c1cccc(C(F)(F)F)c1Cl)c1ccc(C#N)cc1. The molecule has 3 N–H and O–H groups in total. The van der Waals surface area contributed by atoms with Crippen molar-refractivity contribution in [3.63, 3.8) is 0 Å². The maximum absolute atomic E-state index is 13.2. The lowest BCUT2D eigenvalue weighted by molar-refractivity contribution is -0.137. The average Bonchev–Trinajstić information content (AvgIpc) is 3.66. The van der Waals surface area contributed by atoms with Gasteiger partial charge in [0.25, 0.3) is 5.91 Å². The van der Waals surface area contributed by atoms with E-state index in [2.05, 4.69) is 35.0 Å². The second-order valence-electron chi connectivity index (χ2n) is 12.2. The van der Waals surface area contributed by atoms with Crippen LogP contribution in [0.1, 0.15) is 89.8 Å². The molecule has 47 heavy (non-hydrogen) atoms. The van der Waals surface area contributed by atoms with Gasteiger partial charge in [0.2, 0.25) is 0 Å². The van der Waals surface area contributed by atoms with Crippen LogP contribution in [-0.2, 0) is 6.18 Å². The van der Waals surface area contributed by atoms with E-state index in [1.54, 1.807) is 24.3 Å². The second kappa shape index (κ2) is 16.3. The van der Waals surface area contributed by atoms with Crippen molar-refractivity contribution in [2.75, 3.05) is 26.2 Å². The van der Waals surface area contributed by atoms with Crippen LogP contribution >= 0.6 is 11.6 Å². The number of benzene rings is 3. The van der Waals surface area contributed by atoms with Crippen molar-refractivity contribution >= 4 is 17.5 Å². The molecule has 0 radical (unpaired) electrons. The summed E-state index contributed by atoms with van der Waals surface area (Å²) >= 11 is 5.92. The van der Waals surface area contributed by atoms with Crippen LogP contribution in [0.5, 0.6) is 0 Å². The van der Waals surface area contributed by atoms with Crippen molar-refractivity contribution < 1.29 is 18.0 Å². The summed E-state index contributed by atoms with van der Waals surface area (Å²) in [7, 11) is 0. The predicted molar refractivity (Wildman–Crippen MR) is 176 cm³/mol. The molecule has 2 unspecified atom stereocenters. The molecule has 4 atom stereocenters. The Bertz CT molecular complexity index is 1580. The summed E-state index contributed by atoms with van der Waals surface area (Å²) in [6, 6.07) is 22.4. The zero-order valence-corrected chi connectivity index (χ0v) is 27.4. The molecule has 11 heteroatoms. The van der Waals surface area contributed by atoms with Crippen molar-refractivity contribution in [2.45, 2.75) is 69.9 Å². The molecule has 0 spiro atoms. The van der Waals surface area contributed by atoms with Crippen LogP contribution in [-0.4, -0.2) is 54.0 Å². The number of halogens is 4. The highest BCUT2D eigenvalue weighted by molar-refractivity contribution is 6.34. The van der Waals surface area contributed by atoms with Crippen molar-refractivity contribution in [2.24, 2.45) is 5.73 Å². The normalized spacial score (nSPS) is 19.6. The van der Waals surface area contributed by atoms with Crippen molar-refractivity contribution in [3.05, 3.63) is 105 Å². The lowest BCUT2D eigenvalue weighted by Crippen LogP contribution is -2.39. The molecule has 1 amide bonds. The summed E-state index contributed by atoms with van der Waals surface area (Å²) in [5.41, 5.74) is 8.00. The van der Waals surface area contributed by atoms with E-state index in [-0.39, 0.29) is 11.6 Å². The molecular formula is C36H40ClF3N6O. The Morgan fingerprint density at radius 1 is 0.894 bits per heavy atom. The minimum atomic E-state index is -4.65. The van der Waals surface area contributed by atoms with Gasteiger partial charge in [0, 0.05) is 31.2 Å². The number of hydrogen-bond donors (Lipinski definition) is 2. The number of carbonyl (C=O) groups excluding carboxylic acids is 1. The smallest absolute Gasteiger partial charge is 0.344 e. The van der Waals surface area contributed by atoms with E-state index < -0.39 is 28.7 Å². The quantitative estimate of drug-likeness (QED) is 0.263. The predicted octanol–water partition coefficient (Wildman–Crippen LogP) is 7.23. The van der Waals surface area contributed by atoms with Gasteiger partial charge in [0.15, 0.2) is 0 Å². The summed E-state index contributed by atoms with van der Waals surface area (Å²) in [4.78, 5) is 17.6. The van der Waals surface area contributed by atoms with Gasteiger partial charge in [-0.05, 0) is 100 Å². The van der Waals surface area contributed by atoms with Gasteiger partial charge in [-0.15, -0.1) is 0 Å². The Morgan fingerprint density at radius 3 is 1.87 bits per heavy atom. The molecule has 5 rings (SSSR count). The first kappa shape index (κ1) is 35.9. The maximum atomic E-state index is 13.2. The largest absolute Gasteiger partial charge is 0.417 e. The van der Waals surface area contributed by atoms with Gasteiger partial charge in [-0.2, -0.15) is 23.7 Å². The van der Waals surface area contributed by atoms with Gasteiger partial charge in [-0.3, -0.25) is 14.6 Å². The van der Waals surface area contributed by atoms with Crippen molar-refractivity contribution in [3.8, 4) is 12.1 Å². The second-order valence-corrected chi connectivity index (χ2v) is 12.6. The zero-order chi connectivity index (χ0) is 34.1. The summed E-state index contributed by atoms with van der Waals surface area (Å²) in [6.45, 7) is 7.83. The molecule has 248 valence electrons. The molecule has 2 aliphatic heterocycles. The standard InChI is InChI=1S/C22H21ClF3N3O.C14H19N3/c1-14-4-3-11-29(14)13-19(16-9-7-15(12-27)8-10-16)28-21(30)17-5-2-6-18(20(17)23)22(24,25)26;1-11-3-2-8-17(11)10-14(16)13-6-4-12(9-15)5-7-13/h2,5-10,14,19H,3-4,11,13H2,1H3,(H,28,30);4-7,11,14H,2-3,8,10,16H2,1H3/t14?,19-;11?,14-/m11/s1. The van der Waals surface area contributed by atoms with E-state index in [0.29, 0.717) is 29.8 Å². The van der Waals surface area contributed by atoms with Crippen LogP contribution in [0.4, 0.5) is 13.2 Å². The number of nitrogens with two attached hydrogens (primary N) is 1. The molecule has 2 fully saturated rings. The van der Waals surface area contributed by atoms with E-state index in [9.17, 15) is 18.0 Å². The van der Waals surface area contributed by atoms with E-state index in [1.165, 1.54) is 25.0 Å². The van der Waals surface area contributed by atoms with Crippen LogP contribution in [0, 0.1) is 22.7 Å². The highest BCUT2D eigenvalue weighted by Gasteiger charge is 2.35. The Hall–Kier alpha value is -3.93. The summed E-state index contributed by atoms with van der Waals surface area (Å²) in [6.07, 6.45) is 0.00832. The Kier molecular flexibility index (Phi) is 12.4. The fraction of sp³-hybridized carbons (Fsp3) is 0.417. The topological polar surface area (TPSA) is 109 Å². The van der Waals surface area contributed by atoms with Crippen molar-refractivity contribution in [1.29, 1.82) is 10.5 Å². The molecule has 0 aromatic heterocycles. The number of nitrogens with one attached hydrogen (secondary N) is 1. The third-order valence-corrected chi connectivity index (χ3v) is 9.40. The van der Waals surface area contributed by atoms with E-state index in [0.717, 1.165) is 49.7 Å². The first-order chi connectivity index (χ1) is 22.4. The number of likely N-dealkylation sites (tertiary alicyclic amines) is 2. The number of nitrogens with zero attached hydrogens (tertiary/aromatic N) is 4. The first-order valence-corrected chi connectivity index (χ1v) is 16.2. The lowest BCUT2D eigenvalue weighted by atomic mass is 10.0. The van der Waals surface area contributed by atoms with Gasteiger partial charge >= 0.3 is 6.18 Å². The fourth-order valence-corrected chi connectivity index (χ4v) is 6.43. The van der Waals surface area contributed by atoms with Crippen LogP contribution in [0.25, 0.3) is 0 Å². The van der Waals surface area contributed by atoms with Gasteiger partial charge in [0.05, 0.1) is 45.5 Å². The fourth-order valence-electron chi connectivity index (χ4n) is 6.11. The number of alkyl halides is 3. The summed E-state index contributed by atoms with van der Waals surface area (Å²) in [5, 5.41) is 20.0. The molecule has 0 saturated carbocycles. The number of carbonyl (C=O) groups is 1. The van der Waals surface area contributed by atoms with Gasteiger partial charge < -0.3 is 11.1 Å². The molecule has 0 bridgehead atoms. The zero-order valence-electron chi connectivity index (χ0n) is 26.6. The number of hydrogen-bond acceptors (Lipinski definition) is 6. The molecule has 7 nitrogen and oxygen atoms in total.